The van der Waals surface area contributed by atoms with E-state index in [1.165, 1.54) is 0 Å². The first kappa shape index (κ1) is 17.3. The summed E-state index contributed by atoms with van der Waals surface area (Å²) in [5, 5.41) is 12.8. The molecule has 1 aliphatic heterocycles. The highest BCUT2D eigenvalue weighted by Crippen LogP contribution is 2.32. The molecule has 1 aromatic heterocycles. The van der Waals surface area contributed by atoms with Crippen molar-refractivity contribution in [2.45, 2.75) is 82.9 Å². The van der Waals surface area contributed by atoms with E-state index in [0.717, 1.165) is 75.9 Å². The molecule has 2 fully saturated rings. The highest BCUT2D eigenvalue weighted by atomic mass is 16.3. The molecular weight excluding hydrogens is 304 g/mol. The highest BCUT2D eigenvalue weighted by molar-refractivity contribution is 5.75. The average molecular weight is 334 g/mol. The number of hydrogen-bond acceptors (Lipinski definition) is 3. The summed E-state index contributed by atoms with van der Waals surface area (Å²) in [6.45, 7) is 2.87. The van der Waals surface area contributed by atoms with Gasteiger partial charge in [-0.1, -0.05) is 19.8 Å². The van der Waals surface area contributed by atoms with Gasteiger partial charge in [0.25, 0.3) is 0 Å². The smallest absolute Gasteiger partial charge is 0.318 e. The largest absolute Gasteiger partial charge is 0.464 e. The van der Waals surface area contributed by atoms with Gasteiger partial charge in [-0.25, -0.2) is 4.79 Å². The zero-order chi connectivity index (χ0) is 16.9. The Hall–Kier alpha value is -1.49. The molecule has 0 spiro atoms. The fourth-order valence-electron chi connectivity index (χ4n) is 3.89. The van der Waals surface area contributed by atoms with E-state index in [-0.39, 0.29) is 24.2 Å². The Morgan fingerprint density at radius 2 is 2.00 bits per heavy atom. The minimum atomic E-state index is -0.195. The van der Waals surface area contributed by atoms with Gasteiger partial charge in [0.15, 0.2) is 0 Å². The molecule has 2 aliphatic rings. The van der Waals surface area contributed by atoms with Crippen LogP contribution in [-0.2, 0) is 6.42 Å². The fraction of sp³-hybridized carbons (Fsp3) is 0.737. The number of urea groups is 1. The molecule has 134 valence electrons. The lowest BCUT2D eigenvalue weighted by atomic mass is 9.93. The Morgan fingerprint density at radius 1 is 1.21 bits per heavy atom. The van der Waals surface area contributed by atoms with Gasteiger partial charge < -0.3 is 19.7 Å². The van der Waals surface area contributed by atoms with E-state index >= 15 is 0 Å². The van der Waals surface area contributed by atoms with E-state index in [0.29, 0.717) is 0 Å². The number of nitrogens with one attached hydrogen (secondary N) is 1. The Bertz CT molecular complexity index is 534. The molecule has 24 heavy (non-hydrogen) atoms. The number of furan rings is 1. The molecule has 1 atom stereocenters. The van der Waals surface area contributed by atoms with Crippen molar-refractivity contribution in [1.29, 1.82) is 0 Å². The van der Waals surface area contributed by atoms with Gasteiger partial charge in [-0.2, -0.15) is 0 Å². The molecule has 0 aromatic carbocycles. The molecule has 1 aliphatic carbocycles. The number of nitrogens with zero attached hydrogens (tertiary/aromatic N) is 1. The molecule has 1 unspecified atom stereocenters. The van der Waals surface area contributed by atoms with Gasteiger partial charge in [-0.3, -0.25) is 0 Å². The van der Waals surface area contributed by atoms with Crippen molar-refractivity contribution in [3.05, 3.63) is 23.7 Å². The molecule has 2 N–H and O–H groups in total. The third-order valence-electron chi connectivity index (χ3n) is 5.40. The SMILES string of the molecule is CCc1ccc(C2CCCCCN2C(=O)NC2CCC(O)CC2)o1. The molecule has 5 nitrogen and oxygen atoms in total. The summed E-state index contributed by atoms with van der Waals surface area (Å²) in [6.07, 6.45) is 8.30. The summed E-state index contributed by atoms with van der Waals surface area (Å²) in [5.41, 5.74) is 0. The molecule has 1 aromatic rings. The number of carbonyl (C=O) groups is 1. The number of aryl methyl sites for hydroxylation is 1. The maximum atomic E-state index is 12.9. The zero-order valence-electron chi connectivity index (χ0n) is 14.7. The van der Waals surface area contributed by atoms with Crippen molar-refractivity contribution < 1.29 is 14.3 Å². The van der Waals surface area contributed by atoms with Crippen molar-refractivity contribution in [2.75, 3.05) is 6.54 Å². The van der Waals surface area contributed by atoms with E-state index in [9.17, 15) is 9.90 Å². The lowest BCUT2D eigenvalue weighted by molar-refractivity contribution is 0.112. The molecule has 0 bridgehead atoms. The summed E-state index contributed by atoms with van der Waals surface area (Å²) >= 11 is 0. The van der Waals surface area contributed by atoms with Crippen LogP contribution in [0.5, 0.6) is 0 Å². The summed E-state index contributed by atoms with van der Waals surface area (Å²) < 4.78 is 5.96. The first-order valence-electron chi connectivity index (χ1n) is 9.51. The van der Waals surface area contributed by atoms with Crippen molar-refractivity contribution in [3.8, 4) is 0 Å². The van der Waals surface area contributed by atoms with Gasteiger partial charge in [-0.15, -0.1) is 0 Å². The van der Waals surface area contributed by atoms with Crippen LogP contribution in [-0.4, -0.2) is 34.7 Å². The second-order valence-electron chi connectivity index (χ2n) is 7.17. The number of aliphatic hydroxyl groups excluding tert-OH is 1. The average Bonchev–Trinajstić information content (AvgIpc) is 2.93. The van der Waals surface area contributed by atoms with Gasteiger partial charge in [0.05, 0.1) is 12.1 Å². The van der Waals surface area contributed by atoms with Crippen molar-refractivity contribution in [2.24, 2.45) is 0 Å². The van der Waals surface area contributed by atoms with E-state index in [1.807, 2.05) is 17.0 Å². The first-order valence-corrected chi connectivity index (χ1v) is 9.51. The molecule has 1 saturated heterocycles. The number of likely N-dealkylation sites (tertiary alicyclic amines) is 1. The number of rotatable bonds is 3. The predicted octanol–water partition coefficient (Wildman–Crippen LogP) is 3.77. The molecular formula is C19H30N2O3. The van der Waals surface area contributed by atoms with E-state index < -0.39 is 0 Å². The van der Waals surface area contributed by atoms with Crippen LogP contribution in [0.25, 0.3) is 0 Å². The van der Waals surface area contributed by atoms with Crippen molar-refractivity contribution in [3.63, 3.8) is 0 Å². The Kier molecular flexibility index (Phi) is 5.82. The van der Waals surface area contributed by atoms with Crippen LogP contribution in [0.1, 0.15) is 75.9 Å². The molecule has 3 rings (SSSR count). The van der Waals surface area contributed by atoms with Crippen LogP contribution >= 0.6 is 0 Å². The standard InChI is InChI=1S/C19H30N2O3/c1-2-16-11-12-18(24-16)17-6-4-3-5-13-21(17)19(23)20-14-7-9-15(22)10-8-14/h11-12,14-15,17,22H,2-10,13H2,1H3,(H,20,23). The highest BCUT2D eigenvalue weighted by Gasteiger charge is 2.31. The molecule has 2 heterocycles. The summed E-state index contributed by atoms with van der Waals surface area (Å²) in [5.74, 6) is 1.90. The topological polar surface area (TPSA) is 65.7 Å². The number of hydrogen-bond donors (Lipinski definition) is 2. The lowest BCUT2D eigenvalue weighted by Crippen LogP contribution is -2.47. The van der Waals surface area contributed by atoms with Gasteiger partial charge in [0.1, 0.15) is 11.5 Å². The van der Waals surface area contributed by atoms with Crippen LogP contribution in [0.3, 0.4) is 0 Å². The molecule has 0 radical (unpaired) electrons. The van der Waals surface area contributed by atoms with Crippen LogP contribution in [0.15, 0.2) is 16.5 Å². The number of aliphatic hydroxyl groups is 1. The second-order valence-corrected chi connectivity index (χ2v) is 7.17. The van der Waals surface area contributed by atoms with Gasteiger partial charge in [0, 0.05) is 19.0 Å². The van der Waals surface area contributed by atoms with Gasteiger partial charge in [-0.05, 0) is 50.7 Å². The van der Waals surface area contributed by atoms with Gasteiger partial charge >= 0.3 is 6.03 Å². The number of amides is 2. The van der Waals surface area contributed by atoms with E-state index in [1.54, 1.807) is 0 Å². The maximum absolute atomic E-state index is 12.9. The molecule has 2 amide bonds. The van der Waals surface area contributed by atoms with Crippen molar-refractivity contribution >= 4 is 6.03 Å². The number of carbonyl (C=O) groups excluding carboxylic acids is 1. The van der Waals surface area contributed by atoms with Crippen LogP contribution in [0, 0.1) is 0 Å². The lowest BCUT2D eigenvalue weighted by Gasteiger charge is -2.32. The maximum Gasteiger partial charge on any atom is 0.318 e. The van der Waals surface area contributed by atoms with Crippen LogP contribution < -0.4 is 5.32 Å². The minimum Gasteiger partial charge on any atom is -0.464 e. The van der Waals surface area contributed by atoms with E-state index in [4.69, 9.17) is 4.42 Å². The van der Waals surface area contributed by atoms with E-state index in [2.05, 4.69) is 12.2 Å². The van der Waals surface area contributed by atoms with Crippen molar-refractivity contribution in [1.82, 2.24) is 10.2 Å². The third-order valence-corrected chi connectivity index (χ3v) is 5.40. The summed E-state index contributed by atoms with van der Waals surface area (Å²) in [6, 6.07) is 4.32. The first-order chi connectivity index (χ1) is 11.7. The zero-order valence-corrected chi connectivity index (χ0v) is 14.7. The molecule has 1 saturated carbocycles. The molecule has 5 heteroatoms. The Balaban J connectivity index is 1.68. The Labute approximate surface area is 144 Å². The monoisotopic (exact) mass is 334 g/mol. The fourth-order valence-corrected chi connectivity index (χ4v) is 3.89. The van der Waals surface area contributed by atoms with Crippen LogP contribution in [0.2, 0.25) is 0 Å². The van der Waals surface area contributed by atoms with Gasteiger partial charge in [0.2, 0.25) is 0 Å². The summed E-state index contributed by atoms with van der Waals surface area (Å²) in [4.78, 5) is 14.8. The Morgan fingerprint density at radius 3 is 2.71 bits per heavy atom. The second kappa shape index (κ2) is 8.06. The normalized spacial score (nSPS) is 28.4. The predicted molar refractivity (Wildman–Crippen MR) is 92.8 cm³/mol. The summed E-state index contributed by atoms with van der Waals surface area (Å²) in [7, 11) is 0. The minimum absolute atomic E-state index is 0.0257. The third kappa shape index (κ3) is 4.12. The quantitative estimate of drug-likeness (QED) is 0.884. The van der Waals surface area contributed by atoms with Crippen LogP contribution in [0.4, 0.5) is 4.79 Å².